The van der Waals surface area contributed by atoms with Crippen LogP contribution in [-0.2, 0) is 0 Å². The molecule has 0 fully saturated rings. The summed E-state index contributed by atoms with van der Waals surface area (Å²) in [4.78, 5) is 1.15. The third-order valence-electron chi connectivity index (χ3n) is 2.02. The van der Waals surface area contributed by atoms with Crippen LogP contribution in [0.1, 0.15) is 19.4 Å². The van der Waals surface area contributed by atoms with E-state index in [4.69, 9.17) is 10.8 Å². The smallest absolute Gasteiger partial charge is 0.0576 e. The molecule has 0 radical (unpaired) electrons. The molecule has 3 N–H and O–H groups in total. The van der Waals surface area contributed by atoms with Gasteiger partial charge >= 0.3 is 0 Å². The highest BCUT2D eigenvalue weighted by molar-refractivity contribution is 8.00. The molecule has 78 valence electrons. The van der Waals surface area contributed by atoms with Gasteiger partial charge in [-0.25, -0.2) is 0 Å². The predicted molar refractivity (Wildman–Crippen MR) is 62.6 cm³/mol. The maximum Gasteiger partial charge on any atom is 0.0576 e. The summed E-state index contributed by atoms with van der Waals surface area (Å²) in [5, 5.41) is 9.13. The van der Waals surface area contributed by atoms with Crippen molar-refractivity contribution in [2.24, 2.45) is 0 Å². The summed E-state index contributed by atoms with van der Waals surface area (Å²) in [6.07, 6.45) is 0. The Morgan fingerprint density at radius 2 is 2.07 bits per heavy atom. The summed E-state index contributed by atoms with van der Waals surface area (Å²) in [6.45, 7) is 6.19. The second kappa shape index (κ2) is 4.24. The molecule has 2 nitrogen and oxygen atoms in total. The van der Waals surface area contributed by atoms with Crippen LogP contribution < -0.4 is 5.73 Å². The molecular weight excluding hydrogens is 194 g/mol. The summed E-state index contributed by atoms with van der Waals surface area (Å²) in [5.74, 6) is 0. The first kappa shape index (κ1) is 11.4. The lowest BCUT2D eigenvalue weighted by molar-refractivity contribution is 0.265. The summed E-state index contributed by atoms with van der Waals surface area (Å²) < 4.78 is -0.136. The Kier molecular flexibility index (Phi) is 3.45. The standard InChI is InChI=1S/C11H17NOS/c1-8-6-9(4-5-10(8)12)14-11(2,3)7-13/h4-6,13H,7,12H2,1-3H3. The molecule has 0 aliphatic carbocycles. The van der Waals surface area contributed by atoms with Crippen LogP contribution in [0.4, 0.5) is 5.69 Å². The molecule has 0 aromatic heterocycles. The zero-order valence-corrected chi connectivity index (χ0v) is 9.69. The van der Waals surface area contributed by atoms with Crippen LogP contribution in [0.5, 0.6) is 0 Å². The fraction of sp³-hybridized carbons (Fsp3) is 0.455. The highest BCUT2D eigenvalue weighted by Crippen LogP contribution is 2.33. The minimum Gasteiger partial charge on any atom is -0.399 e. The third kappa shape index (κ3) is 2.93. The Morgan fingerprint density at radius 3 is 2.57 bits per heavy atom. The Hall–Kier alpha value is -0.670. The summed E-state index contributed by atoms with van der Waals surface area (Å²) in [5.41, 5.74) is 7.63. The maximum atomic E-state index is 9.13. The second-order valence-electron chi connectivity index (χ2n) is 4.04. The first-order chi connectivity index (χ1) is 6.44. The van der Waals surface area contributed by atoms with Crippen LogP contribution >= 0.6 is 11.8 Å². The highest BCUT2D eigenvalue weighted by atomic mass is 32.2. The minimum absolute atomic E-state index is 0.136. The topological polar surface area (TPSA) is 46.2 Å². The molecule has 0 saturated carbocycles. The van der Waals surface area contributed by atoms with E-state index < -0.39 is 0 Å². The number of hydrogen-bond acceptors (Lipinski definition) is 3. The number of aliphatic hydroxyl groups is 1. The number of hydrogen-bond donors (Lipinski definition) is 2. The molecule has 0 atom stereocenters. The molecule has 1 aromatic rings. The van der Waals surface area contributed by atoms with E-state index in [9.17, 15) is 0 Å². The van der Waals surface area contributed by atoms with Gasteiger partial charge in [0.05, 0.1) is 6.61 Å². The van der Waals surface area contributed by atoms with Gasteiger partial charge < -0.3 is 10.8 Å². The third-order valence-corrected chi connectivity index (χ3v) is 3.19. The number of nitrogens with two attached hydrogens (primary N) is 1. The first-order valence-corrected chi connectivity index (χ1v) is 5.42. The number of anilines is 1. The van der Waals surface area contributed by atoms with Crippen molar-refractivity contribution in [3.8, 4) is 0 Å². The summed E-state index contributed by atoms with van der Waals surface area (Å²) in [7, 11) is 0. The normalized spacial score (nSPS) is 11.7. The van der Waals surface area contributed by atoms with Gasteiger partial charge in [-0.2, -0.15) is 0 Å². The van der Waals surface area contributed by atoms with Crippen molar-refractivity contribution >= 4 is 17.4 Å². The van der Waals surface area contributed by atoms with E-state index in [0.717, 1.165) is 16.1 Å². The zero-order chi connectivity index (χ0) is 10.8. The molecule has 0 saturated heterocycles. The molecule has 3 heteroatoms. The van der Waals surface area contributed by atoms with Gasteiger partial charge in [0.15, 0.2) is 0 Å². The van der Waals surface area contributed by atoms with E-state index in [2.05, 4.69) is 6.07 Å². The Morgan fingerprint density at radius 1 is 1.43 bits per heavy atom. The fourth-order valence-electron chi connectivity index (χ4n) is 1.06. The fourth-order valence-corrected chi connectivity index (χ4v) is 2.14. The SMILES string of the molecule is Cc1cc(SC(C)(C)CO)ccc1N. The van der Waals surface area contributed by atoms with Crippen LogP contribution in [0.2, 0.25) is 0 Å². The molecule has 1 aromatic carbocycles. The minimum atomic E-state index is -0.136. The monoisotopic (exact) mass is 211 g/mol. The number of nitrogen functional groups attached to an aromatic ring is 1. The lowest BCUT2D eigenvalue weighted by Gasteiger charge is -2.21. The van der Waals surface area contributed by atoms with Crippen molar-refractivity contribution in [2.75, 3.05) is 12.3 Å². The molecule has 0 heterocycles. The quantitative estimate of drug-likeness (QED) is 0.596. The number of aliphatic hydroxyl groups excluding tert-OH is 1. The Balaban J connectivity index is 2.83. The summed E-state index contributed by atoms with van der Waals surface area (Å²) in [6, 6.07) is 5.95. The Bertz CT molecular complexity index is 323. The molecule has 0 amide bonds. The van der Waals surface area contributed by atoms with Gasteiger partial charge in [0.2, 0.25) is 0 Å². The van der Waals surface area contributed by atoms with E-state index in [1.807, 2.05) is 32.9 Å². The van der Waals surface area contributed by atoms with Gasteiger partial charge in [-0.15, -0.1) is 11.8 Å². The number of aryl methyl sites for hydroxylation is 1. The lowest BCUT2D eigenvalue weighted by atomic mass is 10.2. The average Bonchev–Trinajstić information content (AvgIpc) is 2.11. The Labute approximate surface area is 89.5 Å². The predicted octanol–water partition coefficient (Wildman–Crippen LogP) is 2.44. The molecule has 0 unspecified atom stereocenters. The highest BCUT2D eigenvalue weighted by Gasteiger charge is 2.17. The van der Waals surface area contributed by atoms with Crippen molar-refractivity contribution in [1.29, 1.82) is 0 Å². The van der Waals surface area contributed by atoms with Crippen molar-refractivity contribution in [1.82, 2.24) is 0 Å². The van der Waals surface area contributed by atoms with E-state index in [0.29, 0.717) is 0 Å². The largest absolute Gasteiger partial charge is 0.399 e. The van der Waals surface area contributed by atoms with Crippen molar-refractivity contribution in [3.05, 3.63) is 23.8 Å². The van der Waals surface area contributed by atoms with Crippen LogP contribution in [0, 0.1) is 6.92 Å². The van der Waals surface area contributed by atoms with Crippen LogP contribution in [0.15, 0.2) is 23.1 Å². The maximum absolute atomic E-state index is 9.13. The van der Waals surface area contributed by atoms with Gasteiger partial charge in [-0.05, 0) is 44.5 Å². The van der Waals surface area contributed by atoms with Crippen molar-refractivity contribution in [3.63, 3.8) is 0 Å². The average molecular weight is 211 g/mol. The van der Waals surface area contributed by atoms with E-state index in [1.54, 1.807) is 11.8 Å². The van der Waals surface area contributed by atoms with E-state index in [1.165, 1.54) is 0 Å². The molecule has 0 spiro atoms. The number of thioether (sulfide) groups is 1. The number of benzene rings is 1. The second-order valence-corrected chi connectivity index (χ2v) is 5.82. The van der Waals surface area contributed by atoms with Crippen molar-refractivity contribution < 1.29 is 5.11 Å². The first-order valence-electron chi connectivity index (χ1n) is 4.60. The molecule has 0 bridgehead atoms. The number of rotatable bonds is 3. The van der Waals surface area contributed by atoms with Gasteiger partial charge in [0, 0.05) is 15.3 Å². The van der Waals surface area contributed by atoms with Gasteiger partial charge in [-0.3, -0.25) is 0 Å². The van der Waals surface area contributed by atoms with Crippen LogP contribution in [-0.4, -0.2) is 16.5 Å². The van der Waals surface area contributed by atoms with Gasteiger partial charge in [0.25, 0.3) is 0 Å². The molecular formula is C11H17NOS. The molecule has 14 heavy (non-hydrogen) atoms. The van der Waals surface area contributed by atoms with Gasteiger partial charge in [-0.1, -0.05) is 0 Å². The van der Waals surface area contributed by atoms with E-state index >= 15 is 0 Å². The van der Waals surface area contributed by atoms with Crippen LogP contribution in [0.25, 0.3) is 0 Å². The van der Waals surface area contributed by atoms with E-state index in [-0.39, 0.29) is 11.4 Å². The summed E-state index contributed by atoms with van der Waals surface area (Å²) >= 11 is 1.66. The molecule has 0 aliphatic rings. The zero-order valence-electron chi connectivity index (χ0n) is 8.87. The molecule has 1 rings (SSSR count). The van der Waals surface area contributed by atoms with Gasteiger partial charge in [0.1, 0.15) is 0 Å². The molecule has 0 aliphatic heterocycles. The lowest BCUT2D eigenvalue weighted by Crippen LogP contribution is -2.19. The van der Waals surface area contributed by atoms with Crippen molar-refractivity contribution in [2.45, 2.75) is 30.4 Å². The van der Waals surface area contributed by atoms with Crippen LogP contribution in [0.3, 0.4) is 0 Å².